The summed E-state index contributed by atoms with van der Waals surface area (Å²) in [5, 5.41) is 6.07. The Morgan fingerprint density at radius 1 is 1.00 bits per heavy atom. The van der Waals surface area contributed by atoms with E-state index in [1.807, 2.05) is 48.5 Å². The molecule has 0 aliphatic carbocycles. The summed E-state index contributed by atoms with van der Waals surface area (Å²) in [6.07, 6.45) is 0. The van der Waals surface area contributed by atoms with Gasteiger partial charge in [0.15, 0.2) is 0 Å². The van der Waals surface area contributed by atoms with Crippen LogP contribution in [0.3, 0.4) is 0 Å². The van der Waals surface area contributed by atoms with E-state index in [4.69, 9.17) is 0 Å². The number of carbonyl (C=O) groups is 1. The average Bonchev–Trinajstić information content (AvgIpc) is 3.10. The number of hydrogen-bond donors (Lipinski definition) is 3. The van der Waals surface area contributed by atoms with Crippen molar-refractivity contribution in [3.05, 3.63) is 89.7 Å². The molecule has 0 aliphatic rings. The molecular formula is C21H17FN4O. The van der Waals surface area contributed by atoms with Crippen LogP contribution in [0.25, 0.3) is 11.0 Å². The highest BCUT2D eigenvalue weighted by atomic mass is 19.1. The summed E-state index contributed by atoms with van der Waals surface area (Å²) in [5.74, 6) is 0.0413. The standard InChI is InChI=1S/C21H17FN4O/c22-16-10-8-15(9-11-16)20(27)24-17-5-3-4-14(12-17)13-23-21-25-18-6-1-2-7-19(18)26-21/h1-12H,13H2,(H,24,27)(H2,23,25,26). The Balaban J connectivity index is 1.42. The SMILES string of the molecule is O=C(Nc1cccc(CNc2nc3ccccc3[nH]2)c1)c1ccc(F)cc1. The number of aromatic amines is 1. The minimum Gasteiger partial charge on any atom is -0.352 e. The third kappa shape index (κ3) is 3.95. The van der Waals surface area contributed by atoms with Crippen LogP contribution in [0.5, 0.6) is 0 Å². The molecule has 0 bridgehead atoms. The second-order valence-electron chi connectivity index (χ2n) is 6.12. The number of aromatic nitrogens is 2. The van der Waals surface area contributed by atoms with Gasteiger partial charge < -0.3 is 15.6 Å². The molecule has 0 unspecified atom stereocenters. The van der Waals surface area contributed by atoms with E-state index in [9.17, 15) is 9.18 Å². The fraction of sp³-hybridized carbons (Fsp3) is 0.0476. The Bertz CT molecular complexity index is 1060. The second kappa shape index (κ2) is 7.29. The lowest BCUT2D eigenvalue weighted by Crippen LogP contribution is -2.12. The van der Waals surface area contributed by atoms with Gasteiger partial charge >= 0.3 is 0 Å². The molecule has 5 nitrogen and oxygen atoms in total. The van der Waals surface area contributed by atoms with Crippen molar-refractivity contribution in [1.82, 2.24) is 9.97 Å². The third-order valence-electron chi connectivity index (χ3n) is 4.14. The van der Waals surface area contributed by atoms with Crippen molar-refractivity contribution in [3.63, 3.8) is 0 Å². The molecule has 1 aromatic heterocycles. The van der Waals surface area contributed by atoms with Gasteiger partial charge in [-0.15, -0.1) is 0 Å². The smallest absolute Gasteiger partial charge is 0.255 e. The maximum atomic E-state index is 13.0. The molecule has 134 valence electrons. The Kier molecular flexibility index (Phi) is 4.53. The molecule has 3 aromatic carbocycles. The average molecular weight is 360 g/mol. The normalized spacial score (nSPS) is 10.7. The molecule has 4 aromatic rings. The molecule has 0 aliphatic heterocycles. The highest BCUT2D eigenvalue weighted by molar-refractivity contribution is 6.04. The molecule has 0 saturated carbocycles. The van der Waals surface area contributed by atoms with Gasteiger partial charge in [-0.2, -0.15) is 0 Å². The lowest BCUT2D eigenvalue weighted by molar-refractivity contribution is 0.102. The molecule has 0 radical (unpaired) electrons. The van der Waals surface area contributed by atoms with Crippen LogP contribution in [0.1, 0.15) is 15.9 Å². The van der Waals surface area contributed by atoms with Crippen LogP contribution in [-0.2, 0) is 6.54 Å². The van der Waals surface area contributed by atoms with Crippen molar-refractivity contribution < 1.29 is 9.18 Å². The molecule has 1 heterocycles. The third-order valence-corrected chi connectivity index (χ3v) is 4.14. The minimum absolute atomic E-state index is 0.280. The number of anilines is 2. The Morgan fingerprint density at radius 2 is 1.81 bits per heavy atom. The lowest BCUT2D eigenvalue weighted by Gasteiger charge is -2.08. The van der Waals surface area contributed by atoms with E-state index >= 15 is 0 Å². The first-order chi connectivity index (χ1) is 13.2. The molecule has 27 heavy (non-hydrogen) atoms. The van der Waals surface area contributed by atoms with Crippen molar-refractivity contribution in [2.75, 3.05) is 10.6 Å². The lowest BCUT2D eigenvalue weighted by atomic mass is 10.1. The molecule has 0 spiro atoms. The number of amides is 1. The predicted molar refractivity (Wildman–Crippen MR) is 104 cm³/mol. The summed E-state index contributed by atoms with van der Waals surface area (Å²) >= 11 is 0. The molecule has 4 rings (SSSR count). The van der Waals surface area contributed by atoms with E-state index in [0.29, 0.717) is 23.7 Å². The van der Waals surface area contributed by atoms with Crippen molar-refractivity contribution in [2.45, 2.75) is 6.54 Å². The number of H-pyrrole nitrogens is 1. The zero-order chi connectivity index (χ0) is 18.6. The monoisotopic (exact) mass is 360 g/mol. The van der Waals surface area contributed by atoms with Gasteiger partial charge in [-0.1, -0.05) is 24.3 Å². The first-order valence-electron chi connectivity index (χ1n) is 8.52. The van der Waals surface area contributed by atoms with Crippen molar-refractivity contribution >= 4 is 28.6 Å². The van der Waals surface area contributed by atoms with E-state index in [0.717, 1.165) is 16.6 Å². The molecule has 6 heteroatoms. The van der Waals surface area contributed by atoms with Crippen LogP contribution in [0.2, 0.25) is 0 Å². The first kappa shape index (κ1) is 16.8. The van der Waals surface area contributed by atoms with Gasteiger partial charge in [0.1, 0.15) is 5.82 Å². The van der Waals surface area contributed by atoms with Crippen molar-refractivity contribution in [1.29, 1.82) is 0 Å². The van der Waals surface area contributed by atoms with Gasteiger partial charge in [-0.05, 0) is 54.1 Å². The molecule has 3 N–H and O–H groups in total. The highest BCUT2D eigenvalue weighted by Crippen LogP contribution is 2.16. The number of hydrogen-bond acceptors (Lipinski definition) is 3. The number of nitrogens with one attached hydrogen (secondary N) is 3. The van der Waals surface area contributed by atoms with Crippen LogP contribution < -0.4 is 10.6 Å². The summed E-state index contributed by atoms with van der Waals surface area (Å²) in [7, 11) is 0. The van der Waals surface area contributed by atoms with E-state index in [1.54, 1.807) is 0 Å². The predicted octanol–water partition coefficient (Wildman–Crippen LogP) is 4.57. The van der Waals surface area contributed by atoms with E-state index in [-0.39, 0.29) is 11.7 Å². The Morgan fingerprint density at radius 3 is 2.63 bits per heavy atom. The molecule has 0 atom stereocenters. The summed E-state index contributed by atoms with van der Waals surface area (Å²) in [5.41, 5.74) is 3.95. The van der Waals surface area contributed by atoms with E-state index < -0.39 is 0 Å². The van der Waals surface area contributed by atoms with Crippen LogP contribution in [0, 0.1) is 5.82 Å². The van der Waals surface area contributed by atoms with Gasteiger partial charge in [0.25, 0.3) is 5.91 Å². The maximum Gasteiger partial charge on any atom is 0.255 e. The molecule has 1 amide bonds. The number of rotatable bonds is 5. The van der Waals surface area contributed by atoms with Crippen LogP contribution >= 0.6 is 0 Å². The fourth-order valence-electron chi connectivity index (χ4n) is 2.79. The summed E-state index contributed by atoms with van der Waals surface area (Å²) in [6, 6.07) is 20.8. The highest BCUT2D eigenvalue weighted by Gasteiger charge is 2.07. The van der Waals surface area contributed by atoms with E-state index in [1.165, 1.54) is 24.3 Å². The van der Waals surface area contributed by atoms with Gasteiger partial charge in [0, 0.05) is 17.8 Å². The fourth-order valence-corrected chi connectivity index (χ4v) is 2.79. The quantitative estimate of drug-likeness (QED) is 0.488. The van der Waals surface area contributed by atoms with Gasteiger partial charge in [-0.3, -0.25) is 4.79 Å². The molecular weight excluding hydrogens is 343 g/mol. The summed E-state index contributed by atoms with van der Waals surface area (Å²) < 4.78 is 13.0. The summed E-state index contributed by atoms with van der Waals surface area (Å²) in [4.78, 5) is 19.9. The van der Waals surface area contributed by atoms with Crippen molar-refractivity contribution in [3.8, 4) is 0 Å². The number of para-hydroxylation sites is 2. The van der Waals surface area contributed by atoms with Gasteiger partial charge in [0.05, 0.1) is 11.0 Å². The number of imidazole rings is 1. The number of halogens is 1. The Labute approximate surface area is 155 Å². The number of carbonyl (C=O) groups excluding carboxylic acids is 1. The Hall–Kier alpha value is -3.67. The topological polar surface area (TPSA) is 69.8 Å². The number of benzene rings is 3. The van der Waals surface area contributed by atoms with Gasteiger partial charge in [-0.25, -0.2) is 9.37 Å². The molecule has 0 saturated heterocycles. The first-order valence-corrected chi connectivity index (χ1v) is 8.52. The van der Waals surface area contributed by atoms with E-state index in [2.05, 4.69) is 20.6 Å². The zero-order valence-electron chi connectivity index (χ0n) is 14.4. The van der Waals surface area contributed by atoms with Crippen LogP contribution in [0.4, 0.5) is 16.0 Å². The minimum atomic E-state index is -0.370. The maximum absolute atomic E-state index is 13.0. The number of fused-ring (bicyclic) bond motifs is 1. The van der Waals surface area contributed by atoms with Crippen LogP contribution in [-0.4, -0.2) is 15.9 Å². The zero-order valence-corrected chi connectivity index (χ0v) is 14.4. The largest absolute Gasteiger partial charge is 0.352 e. The number of nitrogens with zero attached hydrogens (tertiary/aromatic N) is 1. The second-order valence-corrected chi connectivity index (χ2v) is 6.12. The van der Waals surface area contributed by atoms with Crippen LogP contribution in [0.15, 0.2) is 72.8 Å². The summed E-state index contributed by atoms with van der Waals surface area (Å²) in [6.45, 7) is 0.556. The molecule has 0 fully saturated rings. The van der Waals surface area contributed by atoms with Gasteiger partial charge in [0.2, 0.25) is 5.95 Å². The van der Waals surface area contributed by atoms with Crippen molar-refractivity contribution in [2.24, 2.45) is 0 Å².